The summed E-state index contributed by atoms with van der Waals surface area (Å²) in [5.74, 6) is 0.361. The molecule has 5 nitrogen and oxygen atoms in total. The van der Waals surface area contributed by atoms with Gasteiger partial charge in [-0.15, -0.1) is 0 Å². The van der Waals surface area contributed by atoms with Gasteiger partial charge in [-0.25, -0.2) is 0 Å². The van der Waals surface area contributed by atoms with Crippen LogP contribution >= 0.6 is 35.6 Å². The molecule has 4 rings (SSSR count). The standard InChI is InChI=1S/C22H15ClN2O3S2/c23-17-9-5-4-8-16(17)18-11-10-15(28-18)13-19-21(27)25(22(29)30-19)24-20(26)12-14-6-2-1-3-7-14/h1-11,13H,12H2,(H,24,26). The molecule has 1 aliphatic heterocycles. The summed E-state index contributed by atoms with van der Waals surface area (Å²) < 4.78 is 6.07. The number of rotatable bonds is 5. The highest BCUT2D eigenvalue weighted by Crippen LogP contribution is 2.34. The Labute approximate surface area is 187 Å². The molecule has 1 N–H and O–H groups in total. The molecular formula is C22H15ClN2O3S2. The number of hydrogen-bond donors (Lipinski definition) is 1. The van der Waals surface area contributed by atoms with E-state index in [1.54, 1.807) is 24.3 Å². The van der Waals surface area contributed by atoms with Gasteiger partial charge in [0.1, 0.15) is 11.5 Å². The van der Waals surface area contributed by atoms with E-state index in [-0.39, 0.29) is 16.6 Å². The number of carbonyl (C=O) groups is 2. The third-order valence-electron chi connectivity index (χ3n) is 4.28. The average Bonchev–Trinajstić information content (AvgIpc) is 3.29. The van der Waals surface area contributed by atoms with Crippen molar-refractivity contribution in [2.24, 2.45) is 0 Å². The third kappa shape index (κ3) is 4.48. The molecule has 3 aromatic rings. The Morgan fingerprint density at radius 1 is 1.10 bits per heavy atom. The zero-order valence-corrected chi connectivity index (χ0v) is 17.9. The van der Waals surface area contributed by atoms with Crippen molar-refractivity contribution in [2.75, 3.05) is 0 Å². The molecule has 1 fully saturated rings. The van der Waals surface area contributed by atoms with E-state index in [1.807, 2.05) is 48.5 Å². The summed E-state index contributed by atoms with van der Waals surface area (Å²) in [4.78, 5) is 25.4. The van der Waals surface area contributed by atoms with Crippen LogP contribution in [0.1, 0.15) is 11.3 Å². The molecule has 2 aromatic carbocycles. The van der Waals surface area contributed by atoms with Crippen LogP contribution in [0.2, 0.25) is 5.02 Å². The second-order valence-corrected chi connectivity index (χ2v) is 8.48. The largest absolute Gasteiger partial charge is 0.457 e. The molecular weight excluding hydrogens is 440 g/mol. The van der Waals surface area contributed by atoms with E-state index in [2.05, 4.69) is 5.43 Å². The van der Waals surface area contributed by atoms with Gasteiger partial charge >= 0.3 is 0 Å². The summed E-state index contributed by atoms with van der Waals surface area (Å²) in [5, 5.41) is 1.67. The first-order chi connectivity index (χ1) is 14.5. The van der Waals surface area contributed by atoms with Crippen LogP contribution in [0, 0.1) is 0 Å². The molecule has 2 amide bonds. The van der Waals surface area contributed by atoms with Crippen molar-refractivity contribution in [3.05, 3.63) is 88.0 Å². The van der Waals surface area contributed by atoms with Crippen LogP contribution in [-0.2, 0) is 16.0 Å². The molecule has 0 aliphatic carbocycles. The Balaban J connectivity index is 1.47. The highest BCUT2D eigenvalue weighted by atomic mass is 35.5. The molecule has 2 heterocycles. The molecule has 150 valence electrons. The van der Waals surface area contributed by atoms with E-state index in [9.17, 15) is 9.59 Å². The summed E-state index contributed by atoms with van der Waals surface area (Å²) >= 11 is 12.6. The van der Waals surface area contributed by atoms with Gasteiger partial charge in [0, 0.05) is 11.6 Å². The second kappa shape index (κ2) is 8.87. The number of carbonyl (C=O) groups excluding carboxylic acids is 2. The van der Waals surface area contributed by atoms with Gasteiger partial charge in [-0.2, -0.15) is 5.01 Å². The minimum Gasteiger partial charge on any atom is -0.457 e. The van der Waals surface area contributed by atoms with E-state index < -0.39 is 5.91 Å². The molecule has 0 saturated carbocycles. The van der Waals surface area contributed by atoms with E-state index >= 15 is 0 Å². The number of halogens is 1. The monoisotopic (exact) mass is 454 g/mol. The van der Waals surface area contributed by atoms with Crippen molar-refractivity contribution >= 4 is 57.8 Å². The summed E-state index contributed by atoms with van der Waals surface area (Å²) in [5.41, 5.74) is 4.18. The van der Waals surface area contributed by atoms with Crippen molar-refractivity contribution in [1.82, 2.24) is 10.4 Å². The quantitative estimate of drug-likeness (QED) is 0.430. The first-order valence-corrected chi connectivity index (χ1v) is 10.6. The zero-order chi connectivity index (χ0) is 21.1. The van der Waals surface area contributed by atoms with Gasteiger partial charge in [-0.1, -0.05) is 65.8 Å². The smallest absolute Gasteiger partial charge is 0.285 e. The number of thiocarbonyl (C=S) groups is 1. The summed E-state index contributed by atoms with van der Waals surface area (Å²) in [6.45, 7) is 0. The fraction of sp³-hybridized carbons (Fsp3) is 0.0455. The number of thioether (sulfide) groups is 1. The van der Waals surface area contributed by atoms with Crippen molar-refractivity contribution in [1.29, 1.82) is 0 Å². The molecule has 1 saturated heterocycles. The predicted octanol–water partition coefficient (Wildman–Crippen LogP) is 5.08. The molecule has 0 radical (unpaired) electrons. The average molecular weight is 455 g/mol. The lowest BCUT2D eigenvalue weighted by Crippen LogP contribution is -2.45. The molecule has 0 atom stereocenters. The Hall–Kier alpha value is -2.87. The fourth-order valence-electron chi connectivity index (χ4n) is 2.87. The highest BCUT2D eigenvalue weighted by molar-refractivity contribution is 8.26. The van der Waals surface area contributed by atoms with E-state index in [1.165, 1.54) is 0 Å². The number of amides is 2. The Bertz CT molecular complexity index is 1160. The first kappa shape index (κ1) is 20.4. The normalized spacial score (nSPS) is 15.1. The predicted molar refractivity (Wildman–Crippen MR) is 122 cm³/mol. The number of benzene rings is 2. The first-order valence-electron chi connectivity index (χ1n) is 8.97. The Morgan fingerprint density at radius 2 is 1.83 bits per heavy atom. The topological polar surface area (TPSA) is 62.6 Å². The number of nitrogens with zero attached hydrogens (tertiary/aromatic N) is 1. The maximum atomic E-state index is 12.7. The fourth-order valence-corrected chi connectivity index (χ4v) is 4.26. The SMILES string of the molecule is O=C(Cc1ccccc1)NN1C(=O)C(=Cc2ccc(-c3ccccc3Cl)o2)SC1=S. The number of hydrogen-bond acceptors (Lipinski definition) is 5. The lowest BCUT2D eigenvalue weighted by Gasteiger charge is -2.15. The zero-order valence-electron chi connectivity index (χ0n) is 15.5. The summed E-state index contributed by atoms with van der Waals surface area (Å²) in [6, 6.07) is 20.1. The maximum Gasteiger partial charge on any atom is 0.285 e. The van der Waals surface area contributed by atoms with Crippen LogP contribution in [0.15, 0.2) is 76.1 Å². The molecule has 0 spiro atoms. The lowest BCUT2D eigenvalue weighted by molar-refractivity contribution is -0.132. The second-order valence-electron chi connectivity index (χ2n) is 6.40. The number of nitrogens with one attached hydrogen (secondary N) is 1. The van der Waals surface area contributed by atoms with Crippen molar-refractivity contribution in [3.8, 4) is 11.3 Å². The maximum absolute atomic E-state index is 12.7. The molecule has 1 aromatic heterocycles. The van der Waals surface area contributed by atoms with Gasteiger partial charge < -0.3 is 4.42 Å². The van der Waals surface area contributed by atoms with Crippen LogP contribution in [0.25, 0.3) is 17.4 Å². The van der Waals surface area contributed by atoms with Crippen molar-refractivity contribution < 1.29 is 14.0 Å². The molecule has 1 aliphatic rings. The van der Waals surface area contributed by atoms with E-state index in [4.69, 9.17) is 28.2 Å². The third-order valence-corrected chi connectivity index (χ3v) is 5.91. The number of hydrazine groups is 1. The lowest BCUT2D eigenvalue weighted by atomic mass is 10.1. The van der Waals surface area contributed by atoms with Gasteiger partial charge in [0.05, 0.1) is 16.3 Å². The van der Waals surface area contributed by atoms with Gasteiger partial charge in [0.25, 0.3) is 5.91 Å². The number of furan rings is 1. The Kier molecular flexibility index (Phi) is 6.03. The van der Waals surface area contributed by atoms with Gasteiger partial charge in [0.2, 0.25) is 5.91 Å². The van der Waals surface area contributed by atoms with Crippen LogP contribution in [-0.4, -0.2) is 21.1 Å². The van der Waals surface area contributed by atoms with Gasteiger partial charge in [-0.05, 0) is 42.0 Å². The van der Waals surface area contributed by atoms with E-state index in [0.29, 0.717) is 21.4 Å². The van der Waals surface area contributed by atoms with Crippen LogP contribution in [0.4, 0.5) is 0 Å². The van der Waals surface area contributed by atoms with E-state index in [0.717, 1.165) is 27.9 Å². The molecule has 8 heteroatoms. The van der Waals surface area contributed by atoms with Crippen LogP contribution in [0.5, 0.6) is 0 Å². The van der Waals surface area contributed by atoms with Gasteiger partial charge in [-0.3, -0.25) is 15.0 Å². The molecule has 30 heavy (non-hydrogen) atoms. The molecule has 0 bridgehead atoms. The van der Waals surface area contributed by atoms with Crippen LogP contribution in [0.3, 0.4) is 0 Å². The highest BCUT2D eigenvalue weighted by Gasteiger charge is 2.33. The summed E-state index contributed by atoms with van der Waals surface area (Å²) in [6.07, 6.45) is 1.75. The van der Waals surface area contributed by atoms with Crippen molar-refractivity contribution in [2.45, 2.75) is 6.42 Å². The van der Waals surface area contributed by atoms with Gasteiger partial charge in [0.15, 0.2) is 4.32 Å². The molecule has 0 unspecified atom stereocenters. The minimum atomic E-state index is -0.401. The minimum absolute atomic E-state index is 0.149. The summed E-state index contributed by atoms with van der Waals surface area (Å²) in [7, 11) is 0. The van der Waals surface area contributed by atoms with Crippen LogP contribution < -0.4 is 5.43 Å². The van der Waals surface area contributed by atoms with Crippen molar-refractivity contribution in [3.63, 3.8) is 0 Å². The Morgan fingerprint density at radius 3 is 2.60 bits per heavy atom.